The fraction of sp³-hybridized carbons (Fsp3) is 0.692. The van der Waals surface area contributed by atoms with Gasteiger partial charge in [0, 0.05) is 0 Å². The Morgan fingerprint density at radius 2 is 1.40 bits per heavy atom. The van der Waals surface area contributed by atoms with E-state index in [0.29, 0.717) is 0 Å². The fourth-order valence-corrected chi connectivity index (χ4v) is 1.96. The monoisotopic (exact) mass is 210 g/mol. The molecule has 0 bridgehead atoms. The van der Waals surface area contributed by atoms with Gasteiger partial charge in [0.2, 0.25) is 0 Å². The van der Waals surface area contributed by atoms with Crippen molar-refractivity contribution in [3.8, 4) is 0 Å². The summed E-state index contributed by atoms with van der Waals surface area (Å²) in [5, 5.41) is 0. The second kappa shape index (κ2) is 5.47. The summed E-state index contributed by atoms with van der Waals surface area (Å²) in [5.74, 6) is -0.433. The third-order valence-electron chi connectivity index (χ3n) is 2.60. The first kappa shape index (κ1) is 12.5. The molecule has 0 aromatic carbocycles. The van der Waals surface area contributed by atoms with Crippen molar-refractivity contribution in [1.29, 1.82) is 0 Å². The lowest BCUT2D eigenvalue weighted by Crippen LogP contribution is -2.22. The van der Waals surface area contributed by atoms with E-state index in [9.17, 15) is 0 Å². The highest BCUT2D eigenvalue weighted by atomic mass is 16.7. The molecule has 1 heterocycles. The Labute approximate surface area is 93.0 Å². The van der Waals surface area contributed by atoms with Crippen molar-refractivity contribution in [2.75, 3.05) is 0 Å². The summed E-state index contributed by atoms with van der Waals surface area (Å²) < 4.78 is 11.7. The fourth-order valence-electron chi connectivity index (χ4n) is 1.96. The van der Waals surface area contributed by atoms with Crippen LogP contribution in [0, 0.1) is 0 Å². The lowest BCUT2D eigenvalue weighted by molar-refractivity contribution is -0.147. The van der Waals surface area contributed by atoms with Gasteiger partial charge in [-0.05, 0) is 39.5 Å². The molecule has 2 atom stereocenters. The molecule has 2 nitrogen and oxygen atoms in total. The minimum Gasteiger partial charge on any atom is -0.345 e. The Kier molecular flexibility index (Phi) is 4.55. The molecule has 0 amide bonds. The maximum Gasteiger partial charge on any atom is 0.163 e. The molecule has 0 unspecified atom stereocenters. The van der Waals surface area contributed by atoms with E-state index in [1.54, 1.807) is 0 Å². The van der Waals surface area contributed by atoms with Gasteiger partial charge in [0.05, 0.1) is 12.2 Å². The van der Waals surface area contributed by atoms with Gasteiger partial charge in [0.25, 0.3) is 0 Å². The molecule has 1 rings (SSSR count). The van der Waals surface area contributed by atoms with E-state index in [2.05, 4.69) is 13.2 Å². The lowest BCUT2D eigenvalue weighted by atomic mass is 10.0. The van der Waals surface area contributed by atoms with Gasteiger partial charge in [0.15, 0.2) is 5.79 Å². The van der Waals surface area contributed by atoms with Crippen LogP contribution in [0.3, 0.4) is 0 Å². The number of ether oxygens (including phenoxy) is 2. The van der Waals surface area contributed by atoms with Crippen molar-refractivity contribution in [2.24, 2.45) is 0 Å². The van der Waals surface area contributed by atoms with Crippen LogP contribution >= 0.6 is 0 Å². The molecule has 1 fully saturated rings. The topological polar surface area (TPSA) is 18.5 Å². The minimum atomic E-state index is -0.433. The summed E-state index contributed by atoms with van der Waals surface area (Å²) >= 11 is 0. The third-order valence-corrected chi connectivity index (χ3v) is 2.60. The van der Waals surface area contributed by atoms with Crippen molar-refractivity contribution >= 4 is 0 Å². The molecule has 0 spiro atoms. The maximum atomic E-state index is 5.86. The zero-order chi connectivity index (χ0) is 11.3. The first-order chi connectivity index (χ1) is 7.09. The molecule has 86 valence electrons. The van der Waals surface area contributed by atoms with Gasteiger partial charge in [-0.15, -0.1) is 13.2 Å². The summed E-state index contributed by atoms with van der Waals surface area (Å²) in [6, 6.07) is 0. The molecule has 1 aliphatic rings. The first-order valence-corrected chi connectivity index (χ1v) is 5.66. The van der Waals surface area contributed by atoms with Gasteiger partial charge < -0.3 is 9.47 Å². The summed E-state index contributed by atoms with van der Waals surface area (Å²) in [6.07, 6.45) is 8.22. The second-order valence-electron chi connectivity index (χ2n) is 4.44. The number of allylic oxidation sites excluding steroid dienone is 2. The predicted octanol–water partition coefficient (Wildman–Crippen LogP) is 3.44. The van der Waals surface area contributed by atoms with E-state index in [0.717, 1.165) is 25.7 Å². The Hall–Kier alpha value is -0.600. The van der Waals surface area contributed by atoms with Gasteiger partial charge in [-0.1, -0.05) is 12.2 Å². The molecule has 0 aliphatic carbocycles. The largest absolute Gasteiger partial charge is 0.345 e. The van der Waals surface area contributed by atoms with E-state index in [4.69, 9.17) is 9.47 Å². The molecule has 2 heteroatoms. The average Bonchev–Trinajstić information content (AvgIpc) is 2.47. The molecule has 0 N–H and O–H groups in total. The highest BCUT2D eigenvalue weighted by molar-refractivity contribution is 4.85. The van der Waals surface area contributed by atoms with E-state index >= 15 is 0 Å². The van der Waals surface area contributed by atoms with Crippen molar-refractivity contribution in [1.82, 2.24) is 0 Å². The van der Waals surface area contributed by atoms with Crippen molar-refractivity contribution < 1.29 is 9.47 Å². The van der Waals surface area contributed by atoms with Crippen LogP contribution in [0.5, 0.6) is 0 Å². The molecule has 0 radical (unpaired) electrons. The van der Waals surface area contributed by atoms with Gasteiger partial charge in [-0.3, -0.25) is 0 Å². The van der Waals surface area contributed by atoms with Gasteiger partial charge in [-0.25, -0.2) is 0 Å². The van der Waals surface area contributed by atoms with E-state index in [1.165, 1.54) is 0 Å². The average molecular weight is 210 g/mol. The van der Waals surface area contributed by atoms with Gasteiger partial charge >= 0.3 is 0 Å². The van der Waals surface area contributed by atoms with Crippen LogP contribution in [0.1, 0.15) is 39.5 Å². The minimum absolute atomic E-state index is 0.206. The molecule has 1 saturated heterocycles. The normalized spacial score (nSPS) is 28.9. The standard InChI is InChI=1S/C13H22O2/c1-5-7-9-11-12(10-8-6-2)15-13(3,4)14-11/h5-6,11-12H,1-2,7-10H2,3-4H3/t11-,12-/m0/s1. The van der Waals surface area contributed by atoms with Crippen LogP contribution in [-0.2, 0) is 9.47 Å². The quantitative estimate of drug-likeness (QED) is 0.625. The van der Waals surface area contributed by atoms with Crippen molar-refractivity contribution in [3.63, 3.8) is 0 Å². The van der Waals surface area contributed by atoms with Crippen LogP contribution in [-0.4, -0.2) is 18.0 Å². The highest BCUT2D eigenvalue weighted by Crippen LogP contribution is 2.32. The van der Waals surface area contributed by atoms with Crippen LogP contribution in [0.15, 0.2) is 25.3 Å². The smallest absolute Gasteiger partial charge is 0.163 e. The molecular formula is C13H22O2. The number of hydrogen-bond donors (Lipinski definition) is 0. The van der Waals surface area contributed by atoms with Crippen LogP contribution < -0.4 is 0 Å². The van der Waals surface area contributed by atoms with E-state index in [1.807, 2.05) is 26.0 Å². The predicted molar refractivity (Wildman–Crippen MR) is 62.7 cm³/mol. The molecule has 1 aliphatic heterocycles. The Balaban J connectivity index is 2.49. The Morgan fingerprint density at radius 3 is 1.73 bits per heavy atom. The molecular weight excluding hydrogens is 188 g/mol. The summed E-state index contributed by atoms with van der Waals surface area (Å²) in [4.78, 5) is 0. The maximum absolute atomic E-state index is 5.86. The van der Waals surface area contributed by atoms with Gasteiger partial charge in [-0.2, -0.15) is 0 Å². The molecule has 0 aromatic rings. The highest BCUT2D eigenvalue weighted by Gasteiger charge is 2.39. The van der Waals surface area contributed by atoms with E-state index in [-0.39, 0.29) is 12.2 Å². The number of rotatable bonds is 6. The van der Waals surface area contributed by atoms with Crippen molar-refractivity contribution in [3.05, 3.63) is 25.3 Å². The Bertz CT molecular complexity index is 199. The summed E-state index contributed by atoms with van der Waals surface area (Å²) in [6.45, 7) is 11.4. The molecule has 0 aromatic heterocycles. The lowest BCUT2D eigenvalue weighted by Gasteiger charge is -2.16. The van der Waals surface area contributed by atoms with Crippen LogP contribution in [0.4, 0.5) is 0 Å². The van der Waals surface area contributed by atoms with Crippen molar-refractivity contribution in [2.45, 2.75) is 57.5 Å². The van der Waals surface area contributed by atoms with Crippen LogP contribution in [0.25, 0.3) is 0 Å². The number of hydrogen-bond acceptors (Lipinski definition) is 2. The molecule has 0 saturated carbocycles. The first-order valence-electron chi connectivity index (χ1n) is 5.66. The zero-order valence-electron chi connectivity index (χ0n) is 9.87. The summed E-state index contributed by atoms with van der Waals surface area (Å²) in [7, 11) is 0. The summed E-state index contributed by atoms with van der Waals surface area (Å²) in [5.41, 5.74) is 0. The third kappa shape index (κ3) is 3.80. The zero-order valence-corrected chi connectivity index (χ0v) is 9.87. The van der Waals surface area contributed by atoms with E-state index < -0.39 is 5.79 Å². The molecule has 15 heavy (non-hydrogen) atoms. The second-order valence-corrected chi connectivity index (χ2v) is 4.44. The SMILES string of the molecule is C=CCC[C@@H]1OC(C)(C)O[C@H]1CCC=C. The van der Waals surface area contributed by atoms with Crippen LogP contribution in [0.2, 0.25) is 0 Å². The Morgan fingerprint density at radius 1 is 1.00 bits per heavy atom. The van der Waals surface area contributed by atoms with Gasteiger partial charge in [0.1, 0.15) is 0 Å².